The van der Waals surface area contributed by atoms with Crippen molar-refractivity contribution in [3.63, 3.8) is 0 Å². The first-order valence-corrected chi connectivity index (χ1v) is 6.75. The molecule has 0 saturated heterocycles. The van der Waals surface area contributed by atoms with Crippen LogP contribution in [-0.4, -0.2) is 44.8 Å². The molecular weight excluding hydrogens is 272 g/mol. The Morgan fingerprint density at radius 3 is 2.48 bits per heavy atom. The predicted octanol–water partition coefficient (Wildman–Crippen LogP) is 0.251. The Kier molecular flexibility index (Phi) is 7.42. The summed E-state index contributed by atoms with van der Waals surface area (Å²) >= 11 is 0. The Hall–Kier alpha value is -1.92. The minimum Gasteiger partial charge on any atom is -0.467 e. The van der Waals surface area contributed by atoms with Crippen molar-refractivity contribution in [2.75, 3.05) is 20.8 Å². The highest BCUT2D eigenvalue weighted by Gasteiger charge is 2.24. The van der Waals surface area contributed by atoms with Crippen molar-refractivity contribution in [2.24, 2.45) is 5.73 Å². The Labute approximate surface area is 124 Å². The molecule has 0 bridgehead atoms. The van der Waals surface area contributed by atoms with Crippen LogP contribution >= 0.6 is 0 Å². The summed E-state index contributed by atoms with van der Waals surface area (Å²) in [6.45, 7) is 0.0455. The lowest BCUT2D eigenvalue weighted by Crippen LogP contribution is -2.50. The molecule has 116 valence electrons. The van der Waals surface area contributed by atoms with E-state index in [0.717, 1.165) is 5.56 Å². The van der Waals surface area contributed by atoms with Crippen LogP contribution in [0.3, 0.4) is 0 Å². The van der Waals surface area contributed by atoms with Crippen molar-refractivity contribution >= 4 is 11.9 Å². The largest absolute Gasteiger partial charge is 0.467 e. The summed E-state index contributed by atoms with van der Waals surface area (Å²) in [5.41, 5.74) is 6.96. The fourth-order valence-corrected chi connectivity index (χ4v) is 1.85. The van der Waals surface area contributed by atoms with E-state index in [2.05, 4.69) is 10.1 Å². The zero-order valence-electron chi connectivity index (χ0n) is 12.4. The lowest BCUT2D eigenvalue weighted by molar-refractivity contribution is -0.146. The maximum atomic E-state index is 12.0. The van der Waals surface area contributed by atoms with Gasteiger partial charge in [-0.15, -0.1) is 0 Å². The first-order chi connectivity index (χ1) is 10.1. The molecule has 2 atom stereocenters. The van der Waals surface area contributed by atoms with Gasteiger partial charge in [-0.3, -0.25) is 4.79 Å². The van der Waals surface area contributed by atoms with Crippen LogP contribution in [0.5, 0.6) is 0 Å². The highest BCUT2D eigenvalue weighted by Crippen LogP contribution is 2.04. The van der Waals surface area contributed by atoms with E-state index in [1.165, 1.54) is 14.2 Å². The number of carbonyl (C=O) groups excluding carboxylic acids is 2. The standard InChI is InChI=1S/C15H22N2O4/c1-20-10-13(15(19)21-2)17-14(18)12(16)9-8-11-6-4-3-5-7-11/h3-7,12-13H,8-10,16H2,1-2H3,(H,17,18)/t12-,13-/m0/s1. The Morgan fingerprint density at radius 1 is 1.24 bits per heavy atom. The number of nitrogens with one attached hydrogen (secondary N) is 1. The Balaban J connectivity index is 2.47. The van der Waals surface area contributed by atoms with Gasteiger partial charge in [0.1, 0.15) is 0 Å². The van der Waals surface area contributed by atoms with Gasteiger partial charge in [0.2, 0.25) is 5.91 Å². The second-order valence-corrected chi connectivity index (χ2v) is 4.67. The van der Waals surface area contributed by atoms with Crippen LogP contribution in [0.4, 0.5) is 0 Å². The van der Waals surface area contributed by atoms with E-state index in [1.54, 1.807) is 0 Å². The van der Waals surface area contributed by atoms with Crippen molar-refractivity contribution in [1.29, 1.82) is 0 Å². The van der Waals surface area contributed by atoms with Crippen LogP contribution in [0, 0.1) is 0 Å². The molecular formula is C15H22N2O4. The quantitative estimate of drug-likeness (QED) is 0.671. The molecule has 0 aliphatic rings. The van der Waals surface area contributed by atoms with Crippen molar-refractivity contribution in [3.05, 3.63) is 35.9 Å². The summed E-state index contributed by atoms with van der Waals surface area (Å²) < 4.78 is 9.48. The molecule has 1 rings (SSSR count). The summed E-state index contributed by atoms with van der Waals surface area (Å²) in [6, 6.07) is 8.24. The van der Waals surface area contributed by atoms with E-state index >= 15 is 0 Å². The van der Waals surface area contributed by atoms with Crippen molar-refractivity contribution in [3.8, 4) is 0 Å². The zero-order chi connectivity index (χ0) is 15.7. The van der Waals surface area contributed by atoms with E-state index in [1.807, 2.05) is 30.3 Å². The highest BCUT2D eigenvalue weighted by molar-refractivity contribution is 5.87. The molecule has 21 heavy (non-hydrogen) atoms. The third-order valence-corrected chi connectivity index (χ3v) is 3.06. The van der Waals surface area contributed by atoms with Crippen LogP contribution in [0.25, 0.3) is 0 Å². The number of amides is 1. The fraction of sp³-hybridized carbons (Fsp3) is 0.467. The summed E-state index contributed by atoms with van der Waals surface area (Å²) in [7, 11) is 2.70. The van der Waals surface area contributed by atoms with Gasteiger partial charge in [0.15, 0.2) is 6.04 Å². The molecule has 0 aliphatic carbocycles. The molecule has 1 aromatic rings. The number of carbonyl (C=O) groups is 2. The van der Waals surface area contributed by atoms with Crippen LogP contribution in [0.1, 0.15) is 12.0 Å². The van der Waals surface area contributed by atoms with E-state index in [-0.39, 0.29) is 6.61 Å². The van der Waals surface area contributed by atoms with Crippen molar-refractivity contribution in [1.82, 2.24) is 5.32 Å². The van der Waals surface area contributed by atoms with Gasteiger partial charge in [0.05, 0.1) is 19.8 Å². The molecule has 0 heterocycles. The SMILES string of the molecule is COC[C@H](NC(=O)[C@@H](N)CCc1ccccc1)C(=O)OC. The van der Waals surface area contributed by atoms with Gasteiger partial charge in [0, 0.05) is 7.11 Å². The average molecular weight is 294 g/mol. The number of ether oxygens (including phenoxy) is 2. The molecule has 3 N–H and O–H groups in total. The minimum atomic E-state index is -0.838. The van der Waals surface area contributed by atoms with Crippen LogP contribution in [0.15, 0.2) is 30.3 Å². The van der Waals surface area contributed by atoms with Crippen LogP contribution < -0.4 is 11.1 Å². The summed E-state index contributed by atoms with van der Waals surface area (Å²) in [4.78, 5) is 23.5. The number of methoxy groups -OCH3 is 2. The topological polar surface area (TPSA) is 90.6 Å². The number of rotatable bonds is 8. The van der Waals surface area contributed by atoms with Crippen LogP contribution in [0.2, 0.25) is 0 Å². The zero-order valence-corrected chi connectivity index (χ0v) is 12.4. The van der Waals surface area contributed by atoms with Gasteiger partial charge >= 0.3 is 5.97 Å². The summed E-state index contributed by atoms with van der Waals surface area (Å²) in [5.74, 6) is -0.946. The molecule has 0 spiro atoms. The third kappa shape index (κ3) is 5.93. The van der Waals surface area contributed by atoms with Gasteiger partial charge in [-0.2, -0.15) is 0 Å². The van der Waals surface area contributed by atoms with E-state index < -0.39 is 24.0 Å². The first-order valence-electron chi connectivity index (χ1n) is 6.75. The predicted molar refractivity (Wildman–Crippen MR) is 78.6 cm³/mol. The monoisotopic (exact) mass is 294 g/mol. The lowest BCUT2D eigenvalue weighted by atomic mass is 10.1. The average Bonchev–Trinajstić information content (AvgIpc) is 2.52. The van der Waals surface area contributed by atoms with Crippen molar-refractivity contribution < 1.29 is 19.1 Å². The molecule has 0 aromatic heterocycles. The molecule has 0 radical (unpaired) electrons. The number of aryl methyl sites for hydroxylation is 1. The highest BCUT2D eigenvalue weighted by atomic mass is 16.5. The molecule has 6 nitrogen and oxygen atoms in total. The van der Waals surface area contributed by atoms with Gasteiger partial charge in [-0.25, -0.2) is 4.79 Å². The van der Waals surface area contributed by atoms with E-state index in [9.17, 15) is 9.59 Å². The van der Waals surface area contributed by atoms with Gasteiger partial charge in [-0.05, 0) is 18.4 Å². The van der Waals surface area contributed by atoms with Crippen LogP contribution in [-0.2, 0) is 25.5 Å². The summed E-state index contributed by atoms with van der Waals surface area (Å²) in [6.07, 6.45) is 1.19. The number of esters is 1. The number of hydrogen-bond donors (Lipinski definition) is 2. The van der Waals surface area contributed by atoms with Gasteiger partial charge in [0.25, 0.3) is 0 Å². The molecule has 1 amide bonds. The summed E-state index contributed by atoms with van der Waals surface area (Å²) in [5, 5.41) is 2.54. The number of nitrogens with two attached hydrogens (primary N) is 1. The van der Waals surface area contributed by atoms with Crippen molar-refractivity contribution in [2.45, 2.75) is 24.9 Å². The smallest absolute Gasteiger partial charge is 0.330 e. The second-order valence-electron chi connectivity index (χ2n) is 4.67. The maximum absolute atomic E-state index is 12.0. The van der Waals surface area contributed by atoms with E-state index in [0.29, 0.717) is 12.8 Å². The van der Waals surface area contributed by atoms with Gasteiger partial charge < -0.3 is 20.5 Å². The maximum Gasteiger partial charge on any atom is 0.330 e. The number of benzene rings is 1. The van der Waals surface area contributed by atoms with Gasteiger partial charge in [-0.1, -0.05) is 30.3 Å². The normalized spacial score (nSPS) is 13.3. The molecule has 0 saturated carbocycles. The lowest BCUT2D eigenvalue weighted by Gasteiger charge is -2.18. The Morgan fingerprint density at radius 2 is 1.90 bits per heavy atom. The molecule has 6 heteroatoms. The molecule has 1 aromatic carbocycles. The number of hydrogen-bond acceptors (Lipinski definition) is 5. The minimum absolute atomic E-state index is 0.0455. The molecule has 0 aliphatic heterocycles. The third-order valence-electron chi connectivity index (χ3n) is 3.06. The fourth-order valence-electron chi connectivity index (χ4n) is 1.85. The second kappa shape index (κ2) is 9.10. The first kappa shape index (κ1) is 17.1. The van der Waals surface area contributed by atoms with E-state index in [4.69, 9.17) is 10.5 Å². The molecule has 0 unspecified atom stereocenters. The molecule has 0 fully saturated rings. The Bertz CT molecular complexity index is 450.